The van der Waals surface area contributed by atoms with E-state index in [4.69, 9.17) is 11.6 Å². The number of amides is 2. The van der Waals surface area contributed by atoms with E-state index in [1.165, 1.54) is 6.92 Å². The maximum Gasteiger partial charge on any atom is 0.246 e. The van der Waals surface area contributed by atoms with Crippen LogP contribution in [-0.2, 0) is 9.59 Å². The Morgan fingerprint density at radius 1 is 1.39 bits per heavy atom. The van der Waals surface area contributed by atoms with Crippen molar-refractivity contribution in [3.63, 3.8) is 0 Å². The summed E-state index contributed by atoms with van der Waals surface area (Å²) in [6, 6.07) is -0.632. The number of H-pyrrole nitrogens is 1. The van der Waals surface area contributed by atoms with Gasteiger partial charge in [0.15, 0.2) is 0 Å². The van der Waals surface area contributed by atoms with Gasteiger partial charge < -0.3 is 15.2 Å². The van der Waals surface area contributed by atoms with Gasteiger partial charge in [-0.2, -0.15) is 0 Å². The molecule has 1 aliphatic heterocycles. The topological polar surface area (TPSA) is 78.1 Å². The van der Waals surface area contributed by atoms with Gasteiger partial charge in [0.1, 0.15) is 11.9 Å². The van der Waals surface area contributed by atoms with Crippen LogP contribution in [0.5, 0.6) is 0 Å². The number of imidazole rings is 1. The van der Waals surface area contributed by atoms with Crippen LogP contribution in [0.3, 0.4) is 0 Å². The van der Waals surface area contributed by atoms with Crippen molar-refractivity contribution in [2.24, 2.45) is 5.92 Å². The van der Waals surface area contributed by atoms with Crippen LogP contribution >= 0.6 is 27.5 Å². The van der Waals surface area contributed by atoms with Gasteiger partial charge in [-0.05, 0) is 47.7 Å². The van der Waals surface area contributed by atoms with Crippen LogP contribution in [0.2, 0.25) is 0 Å². The first kappa shape index (κ1) is 21.1. The summed E-state index contributed by atoms with van der Waals surface area (Å²) in [4.78, 5) is 34.5. The summed E-state index contributed by atoms with van der Waals surface area (Å²) in [5, 5.41) is 3.50. The Labute approximate surface area is 178 Å². The highest BCUT2D eigenvalue weighted by Crippen LogP contribution is 2.36. The predicted molar refractivity (Wildman–Crippen MR) is 114 cm³/mol. The molecule has 0 radical (unpaired) electrons. The number of nitrogens with zero attached hydrogens (tertiary/aromatic N) is 2. The van der Waals surface area contributed by atoms with Crippen molar-refractivity contribution >= 4 is 44.9 Å². The molecule has 2 atom stereocenters. The van der Waals surface area contributed by atoms with E-state index in [-0.39, 0.29) is 23.8 Å². The molecule has 2 heterocycles. The molecule has 0 aromatic carbocycles. The fourth-order valence-corrected chi connectivity index (χ4v) is 4.70. The number of nitrogens with one attached hydrogen (secondary N) is 2. The van der Waals surface area contributed by atoms with E-state index >= 15 is 0 Å². The first-order chi connectivity index (χ1) is 13.3. The van der Waals surface area contributed by atoms with Crippen molar-refractivity contribution in [2.45, 2.75) is 58.5 Å². The first-order valence-corrected chi connectivity index (χ1v) is 10.8. The second-order valence-corrected chi connectivity index (χ2v) is 9.14. The molecule has 1 fully saturated rings. The minimum atomic E-state index is -0.523. The number of hydrogen-bond donors (Lipinski definition) is 2. The minimum absolute atomic E-state index is 0.0150. The Morgan fingerprint density at radius 2 is 2.14 bits per heavy atom. The number of halogens is 2. The standard InChI is InChI=1S/C20H26BrClN4O2/c1-11(2)18(24-12(3)27)20(28)26-8-4-5-17(26)19-23-10-16(25-19)14-7-6-13(21)9-15(14)22/h9-11,17-18H,4-8H2,1-3H3,(H,23,25)(H,24,27). The van der Waals surface area contributed by atoms with Crippen LogP contribution < -0.4 is 5.32 Å². The van der Waals surface area contributed by atoms with E-state index < -0.39 is 6.04 Å². The third-order valence-corrected chi connectivity index (χ3v) is 6.21. The van der Waals surface area contributed by atoms with E-state index in [2.05, 4.69) is 31.2 Å². The largest absolute Gasteiger partial charge is 0.344 e. The Hall–Kier alpha value is -1.60. The fourth-order valence-electron chi connectivity index (χ4n) is 3.81. The summed E-state index contributed by atoms with van der Waals surface area (Å²) < 4.78 is 1.09. The summed E-state index contributed by atoms with van der Waals surface area (Å²) in [5.41, 5.74) is 1.94. The van der Waals surface area contributed by atoms with Gasteiger partial charge in [-0.15, -0.1) is 0 Å². The van der Waals surface area contributed by atoms with Crippen LogP contribution in [0.15, 0.2) is 21.8 Å². The van der Waals surface area contributed by atoms with Gasteiger partial charge in [-0.3, -0.25) is 9.59 Å². The highest BCUT2D eigenvalue weighted by Gasteiger charge is 2.37. The lowest BCUT2D eigenvalue weighted by Crippen LogP contribution is -2.50. The molecular weight excluding hydrogens is 444 g/mol. The van der Waals surface area contributed by atoms with Gasteiger partial charge in [-0.1, -0.05) is 41.4 Å². The maximum absolute atomic E-state index is 13.1. The molecular formula is C20H26BrClN4O2. The Balaban J connectivity index is 1.82. The number of aromatic nitrogens is 2. The maximum atomic E-state index is 13.1. The predicted octanol–water partition coefficient (Wildman–Crippen LogP) is 4.26. The number of aromatic amines is 1. The molecule has 1 aromatic heterocycles. The van der Waals surface area contributed by atoms with Crippen LogP contribution in [0.1, 0.15) is 64.0 Å². The second-order valence-electron chi connectivity index (χ2n) is 7.71. The fraction of sp³-hybridized carbons (Fsp3) is 0.550. The smallest absolute Gasteiger partial charge is 0.246 e. The molecule has 2 N–H and O–H groups in total. The third kappa shape index (κ3) is 4.51. The van der Waals surface area contributed by atoms with E-state index in [0.717, 1.165) is 47.3 Å². The van der Waals surface area contributed by atoms with E-state index in [1.807, 2.05) is 24.8 Å². The number of rotatable bonds is 5. The molecule has 2 unspecified atom stereocenters. The molecule has 0 spiro atoms. The lowest BCUT2D eigenvalue weighted by Gasteiger charge is -2.30. The highest BCUT2D eigenvalue weighted by molar-refractivity contribution is 9.11. The van der Waals surface area contributed by atoms with Gasteiger partial charge in [0.2, 0.25) is 11.8 Å². The molecule has 0 saturated carbocycles. The van der Waals surface area contributed by atoms with Crippen molar-refractivity contribution in [3.8, 4) is 0 Å². The number of hydrogen-bond acceptors (Lipinski definition) is 3. The van der Waals surface area contributed by atoms with Crippen molar-refractivity contribution in [1.82, 2.24) is 20.2 Å². The van der Waals surface area contributed by atoms with Gasteiger partial charge in [0.25, 0.3) is 0 Å². The molecule has 1 saturated heterocycles. The second kappa shape index (κ2) is 8.82. The monoisotopic (exact) mass is 468 g/mol. The molecule has 152 valence electrons. The van der Waals surface area contributed by atoms with E-state index in [1.54, 1.807) is 6.20 Å². The number of likely N-dealkylation sites (tertiary alicyclic amines) is 1. The summed E-state index contributed by atoms with van der Waals surface area (Å²) in [5.74, 6) is 0.548. The summed E-state index contributed by atoms with van der Waals surface area (Å²) in [6.07, 6.45) is 7.23. The molecule has 1 aromatic rings. The summed E-state index contributed by atoms with van der Waals surface area (Å²) >= 11 is 9.90. The Kier molecular flexibility index (Phi) is 6.65. The van der Waals surface area contributed by atoms with Crippen molar-refractivity contribution in [3.05, 3.63) is 33.3 Å². The van der Waals surface area contributed by atoms with Crippen molar-refractivity contribution in [1.29, 1.82) is 0 Å². The van der Waals surface area contributed by atoms with E-state index in [0.29, 0.717) is 11.6 Å². The number of carbonyl (C=O) groups is 2. The lowest BCUT2D eigenvalue weighted by atomic mass is 10.0. The van der Waals surface area contributed by atoms with Crippen LogP contribution in [0.25, 0.3) is 5.57 Å². The molecule has 2 amide bonds. The lowest BCUT2D eigenvalue weighted by molar-refractivity contribution is -0.138. The van der Waals surface area contributed by atoms with Gasteiger partial charge in [0.05, 0.1) is 17.9 Å². The molecule has 8 heteroatoms. The zero-order valence-corrected chi connectivity index (χ0v) is 18.7. The van der Waals surface area contributed by atoms with Crippen molar-refractivity contribution in [2.75, 3.05) is 6.54 Å². The average molecular weight is 470 g/mol. The number of carbonyl (C=O) groups excluding carboxylic acids is 2. The Morgan fingerprint density at radius 3 is 2.79 bits per heavy atom. The molecule has 2 aliphatic rings. The molecule has 0 bridgehead atoms. The zero-order chi connectivity index (χ0) is 20.4. The molecule has 3 rings (SSSR count). The van der Waals surface area contributed by atoms with Crippen molar-refractivity contribution < 1.29 is 9.59 Å². The molecule has 6 nitrogen and oxygen atoms in total. The number of allylic oxidation sites excluding steroid dienone is 4. The Bertz CT molecular complexity index is 830. The van der Waals surface area contributed by atoms with Crippen LogP contribution in [-0.4, -0.2) is 39.3 Å². The van der Waals surface area contributed by atoms with E-state index in [9.17, 15) is 9.59 Å². The molecule has 28 heavy (non-hydrogen) atoms. The average Bonchev–Trinajstić information content (AvgIpc) is 3.27. The highest BCUT2D eigenvalue weighted by atomic mass is 79.9. The molecule has 1 aliphatic carbocycles. The van der Waals surface area contributed by atoms with Gasteiger partial charge in [0, 0.05) is 18.5 Å². The summed E-state index contributed by atoms with van der Waals surface area (Å²) in [7, 11) is 0. The van der Waals surface area contributed by atoms with Gasteiger partial charge in [-0.25, -0.2) is 4.98 Å². The zero-order valence-electron chi connectivity index (χ0n) is 16.4. The minimum Gasteiger partial charge on any atom is -0.344 e. The summed E-state index contributed by atoms with van der Waals surface area (Å²) in [6.45, 7) is 5.99. The first-order valence-electron chi connectivity index (χ1n) is 9.65. The normalized spacial score (nSPS) is 21.1. The van der Waals surface area contributed by atoms with Gasteiger partial charge >= 0.3 is 0 Å². The van der Waals surface area contributed by atoms with Crippen LogP contribution in [0.4, 0.5) is 0 Å². The third-order valence-electron chi connectivity index (χ3n) is 5.25. The SMILES string of the molecule is CC(=O)NC(C(=O)N1CCCC1c1ncc(C2=C(Cl)C=C(Br)CC2)[nH]1)C(C)C. The van der Waals surface area contributed by atoms with Crippen LogP contribution in [0, 0.1) is 5.92 Å². The quantitative estimate of drug-likeness (QED) is 0.676.